The van der Waals surface area contributed by atoms with Crippen LogP contribution in [0.4, 0.5) is 0 Å². The number of fused-ring (bicyclic) bond motifs is 6. The van der Waals surface area contributed by atoms with Crippen molar-refractivity contribution in [2.45, 2.75) is 71.1 Å². The summed E-state index contributed by atoms with van der Waals surface area (Å²) in [6, 6.07) is 36.9. The lowest BCUT2D eigenvalue weighted by Gasteiger charge is -2.36. The van der Waals surface area contributed by atoms with Crippen LogP contribution in [-0.4, -0.2) is 0 Å². The number of furan rings is 2. The van der Waals surface area contributed by atoms with Crippen molar-refractivity contribution in [1.29, 1.82) is 0 Å². The van der Waals surface area contributed by atoms with Crippen molar-refractivity contribution in [1.82, 2.24) is 0 Å². The average molecular weight is 565 g/mol. The molecule has 2 heteroatoms. The van der Waals surface area contributed by atoms with Gasteiger partial charge in [-0.2, -0.15) is 0 Å². The van der Waals surface area contributed by atoms with E-state index in [4.69, 9.17) is 8.83 Å². The van der Waals surface area contributed by atoms with Gasteiger partial charge in [-0.3, -0.25) is 0 Å². The monoisotopic (exact) mass is 564 g/mol. The molecule has 0 saturated carbocycles. The minimum absolute atomic E-state index is 0.0828. The fourth-order valence-corrected chi connectivity index (χ4v) is 7.28. The lowest BCUT2D eigenvalue weighted by Crippen LogP contribution is -2.30. The van der Waals surface area contributed by atoms with Crippen LogP contribution in [0.3, 0.4) is 0 Å². The van der Waals surface area contributed by atoms with Gasteiger partial charge in [-0.25, -0.2) is 0 Å². The molecule has 216 valence electrons. The van der Waals surface area contributed by atoms with Gasteiger partial charge in [0, 0.05) is 38.2 Å². The molecule has 2 heterocycles. The molecule has 0 saturated heterocycles. The Labute approximate surface area is 254 Å². The molecule has 7 rings (SSSR count). The Morgan fingerprint density at radius 3 is 1.86 bits per heavy atom. The number of hydrogen-bond donors (Lipinski definition) is 0. The molecule has 0 spiro atoms. The van der Waals surface area contributed by atoms with Crippen LogP contribution >= 0.6 is 0 Å². The quantitative estimate of drug-likeness (QED) is 0.208. The molecule has 5 aromatic carbocycles. The molecule has 0 bridgehead atoms. The number of para-hydroxylation sites is 3. The van der Waals surface area contributed by atoms with Crippen molar-refractivity contribution >= 4 is 43.9 Å². The van der Waals surface area contributed by atoms with E-state index < -0.39 is 0 Å². The van der Waals surface area contributed by atoms with E-state index in [1.54, 1.807) is 0 Å². The largest absolute Gasteiger partial charge is 0.456 e. The van der Waals surface area contributed by atoms with Crippen molar-refractivity contribution in [2.75, 3.05) is 0 Å². The summed E-state index contributed by atoms with van der Waals surface area (Å²) in [5, 5.41) is 4.73. The third kappa shape index (κ3) is 4.56. The van der Waals surface area contributed by atoms with Crippen LogP contribution < -0.4 is 0 Å². The maximum absolute atomic E-state index is 6.80. The summed E-state index contributed by atoms with van der Waals surface area (Å²) in [5.74, 6) is 0. The highest BCUT2D eigenvalue weighted by atomic mass is 16.3. The Morgan fingerprint density at radius 2 is 1.12 bits per heavy atom. The highest BCUT2D eigenvalue weighted by Crippen LogP contribution is 2.46. The highest BCUT2D eigenvalue weighted by Gasteiger charge is 2.35. The molecular formula is C41H40O2. The van der Waals surface area contributed by atoms with E-state index >= 15 is 0 Å². The molecule has 2 nitrogen and oxygen atoms in total. The number of hydrogen-bond acceptors (Lipinski definition) is 2. The van der Waals surface area contributed by atoms with E-state index in [1.807, 2.05) is 6.07 Å². The van der Waals surface area contributed by atoms with Gasteiger partial charge >= 0.3 is 0 Å². The van der Waals surface area contributed by atoms with Crippen LogP contribution in [0, 0.1) is 0 Å². The van der Waals surface area contributed by atoms with Crippen LogP contribution in [0.1, 0.15) is 71.6 Å². The van der Waals surface area contributed by atoms with Gasteiger partial charge in [0.25, 0.3) is 0 Å². The van der Waals surface area contributed by atoms with Crippen molar-refractivity contribution < 1.29 is 8.83 Å². The van der Waals surface area contributed by atoms with Crippen LogP contribution in [0.5, 0.6) is 0 Å². The minimum atomic E-state index is -0.132. The second-order valence-corrected chi connectivity index (χ2v) is 14.5. The van der Waals surface area contributed by atoms with E-state index in [0.717, 1.165) is 34.3 Å². The molecule has 0 amide bonds. The predicted octanol–water partition coefficient (Wildman–Crippen LogP) is 12.1. The zero-order chi connectivity index (χ0) is 30.1. The molecule has 0 N–H and O–H groups in total. The molecule has 0 aliphatic rings. The summed E-state index contributed by atoms with van der Waals surface area (Å²) >= 11 is 0. The van der Waals surface area contributed by atoms with Crippen molar-refractivity contribution in [3.8, 4) is 11.1 Å². The van der Waals surface area contributed by atoms with E-state index in [9.17, 15) is 0 Å². The van der Waals surface area contributed by atoms with Gasteiger partial charge in [-0.1, -0.05) is 139 Å². The Morgan fingerprint density at radius 1 is 0.488 bits per heavy atom. The van der Waals surface area contributed by atoms with Crippen molar-refractivity contribution in [3.63, 3.8) is 0 Å². The Bertz CT molecular complexity index is 2130. The summed E-state index contributed by atoms with van der Waals surface area (Å²) in [6.07, 6.45) is 0.955. The van der Waals surface area contributed by atoms with Crippen LogP contribution in [0.25, 0.3) is 55.0 Å². The van der Waals surface area contributed by atoms with Gasteiger partial charge < -0.3 is 8.83 Å². The van der Waals surface area contributed by atoms with Crippen molar-refractivity contribution in [2.24, 2.45) is 0 Å². The zero-order valence-electron chi connectivity index (χ0n) is 26.3. The maximum Gasteiger partial charge on any atom is 0.143 e. The van der Waals surface area contributed by atoms with Gasteiger partial charge in [0.15, 0.2) is 0 Å². The average Bonchev–Trinajstić information content (AvgIpc) is 3.54. The molecule has 0 aliphatic heterocycles. The third-order valence-electron chi connectivity index (χ3n) is 9.29. The summed E-state index contributed by atoms with van der Waals surface area (Å²) in [7, 11) is 0. The maximum atomic E-state index is 6.80. The summed E-state index contributed by atoms with van der Waals surface area (Å²) < 4.78 is 13.3. The second kappa shape index (κ2) is 9.61. The Kier molecular flexibility index (Phi) is 6.15. The summed E-state index contributed by atoms with van der Waals surface area (Å²) in [4.78, 5) is 0. The number of benzene rings is 5. The predicted molar refractivity (Wildman–Crippen MR) is 182 cm³/mol. The molecule has 0 unspecified atom stereocenters. The Hall–Kier alpha value is -4.30. The van der Waals surface area contributed by atoms with Gasteiger partial charge in [0.05, 0.1) is 0 Å². The summed E-state index contributed by atoms with van der Waals surface area (Å²) in [6.45, 7) is 16.4. The molecular weight excluding hydrogens is 524 g/mol. The fraction of sp³-hybridized carbons (Fsp3) is 0.268. The molecule has 7 aromatic rings. The van der Waals surface area contributed by atoms with Crippen molar-refractivity contribution in [3.05, 3.63) is 120 Å². The normalized spacial score (nSPS) is 13.1. The second-order valence-electron chi connectivity index (χ2n) is 14.5. The first-order valence-corrected chi connectivity index (χ1v) is 15.4. The molecule has 0 atom stereocenters. The van der Waals surface area contributed by atoms with Crippen LogP contribution in [0.15, 0.2) is 112 Å². The standard InChI is InChI=1S/C41H40O2/c1-39(2,3)34-24-27(23-32-31-19-13-18-28(36(31)43-38(32)34)26-15-9-8-10-16-26)40(4,5)25-41(6,7)33-21-14-20-30-29-17-11-12-22-35(29)42-37(30)33/h8-24H,25H2,1-7H3. The van der Waals surface area contributed by atoms with Crippen LogP contribution in [-0.2, 0) is 16.2 Å². The first-order chi connectivity index (χ1) is 20.4. The number of rotatable bonds is 5. The highest BCUT2D eigenvalue weighted by molar-refractivity contribution is 6.11. The third-order valence-corrected chi connectivity index (χ3v) is 9.29. The Balaban J connectivity index is 1.38. The van der Waals surface area contributed by atoms with E-state index in [-0.39, 0.29) is 16.2 Å². The SMILES string of the molecule is CC(C)(C)c1cc(C(C)(C)CC(C)(C)c2cccc3c2oc2ccccc23)cc2c1oc1c(-c3ccccc3)cccc12. The lowest BCUT2D eigenvalue weighted by molar-refractivity contribution is 0.348. The van der Waals surface area contributed by atoms with E-state index in [1.165, 1.54) is 43.8 Å². The zero-order valence-corrected chi connectivity index (χ0v) is 26.3. The molecule has 0 aliphatic carbocycles. The molecule has 0 radical (unpaired) electrons. The summed E-state index contributed by atoms with van der Waals surface area (Å²) in [5.41, 5.74) is 9.72. The van der Waals surface area contributed by atoms with Crippen LogP contribution in [0.2, 0.25) is 0 Å². The molecule has 2 aromatic heterocycles. The lowest BCUT2D eigenvalue weighted by atomic mass is 9.67. The van der Waals surface area contributed by atoms with Gasteiger partial charge in [-0.05, 0) is 45.9 Å². The smallest absolute Gasteiger partial charge is 0.143 e. The first-order valence-electron chi connectivity index (χ1n) is 15.4. The van der Waals surface area contributed by atoms with E-state index in [0.29, 0.717) is 0 Å². The minimum Gasteiger partial charge on any atom is -0.456 e. The first kappa shape index (κ1) is 27.5. The topological polar surface area (TPSA) is 26.3 Å². The van der Waals surface area contributed by atoms with Gasteiger partial charge in [0.2, 0.25) is 0 Å². The fourth-order valence-electron chi connectivity index (χ4n) is 7.28. The van der Waals surface area contributed by atoms with E-state index in [2.05, 4.69) is 146 Å². The molecule has 0 fully saturated rings. The molecule has 43 heavy (non-hydrogen) atoms. The van der Waals surface area contributed by atoms with Gasteiger partial charge in [0.1, 0.15) is 22.3 Å². The van der Waals surface area contributed by atoms with Gasteiger partial charge in [-0.15, -0.1) is 0 Å².